The Morgan fingerprint density at radius 3 is 2.29 bits per heavy atom. The van der Waals surface area contributed by atoms with E-state index in [0.29, 0.717) is 24.2 Å². The molecule has 0 spiro atoms. The van der Waals surface area contributed by atoms with E-state index in [4.69, 9.17) is 4.74 Å². The number of hydrogen-bond acceptors (Lipinski definition) is 5. The summed E-state index contributed by atoms with van der Waals surface area (Å²) in [5.74, 6) is -0.938. The highest BCUT2D eigenvalue weighted by Gasteiger charge is 2.27. The van der Waals surface area contributed by atoms with Crippen LogP contribution < -0.4 is 0 Å². The van der Waals surface area contributed by atoms with Crippen molar-refractivity contribution in [3.05, 3.63) is 64.7 Å². The third kappa shape index (κ3) is 4.31. The maximum Gasteiger partial charge on any atom is 0.338 e. The highest BCUT2D eigenvalue weighted by Crippen LogP contribution is 2.21. The number of hydrogen-bond donors (Lipinski definition) is 0. The van der Waals surface area contributed by atoms with E-state index in [9.17, 15) is 18.0 Å². The Hall–Kier alpha value is -2.51. The Morgan fingerprint density at radius 1 is 1.00 bits per heavy atom. The van der Waals surface area contributed by atoms with Crippen LogP contribution in [0.25, 0.3) is 0 Å². The Bertz CT molecular complexity index is 990. The molecule has 0 atom stereocenters. The van der Waals surface area contributed by atoms with Crippen molar-refractivity contribution in [1.29, 1.82) is 0 Å². The Kier molecular flexibility index (Phi) is 5.96. The molecule has 0 bridgehead atoms. The predicted molar refractivity (Wildman–Crippen MR) is 105 cm³/mol. The largest absolute Gasteiger partial charge is 0.454 e. The van der Waals surface area contributed by atoms with E-state index >= 15 is 0 Å². The van der Waals surface area contributed by atoms with E-state index in [1.54, 1.807) is 13.0 Å². The minimum atomic E-state index is -3.52. The molecular formula is C21H23NO5S. The molecule has 1 aliphatic heterocycles. The summed E-state index contributed by atoms with van der Waals surface area (Å²) in [7, 11) is -3.52. The lowest BCUT2D eigenvalue weighted by molar-refractivity contribution is 0.0474. The molecule has 0 N–H and O–H groups in total. The second-order valence-electron chi connectivity index (χ2n) is 6.95. The second kappa shape index (κ2) is 8.24. The molecule has 0 unspecified atom stereocenters. The Labute approximate surface area is 165 Å². The molecule has 0 amide bonds. The fraction of sp³-hybridized carbons (Fsp3) is 0.333. The van der Waals surface area contributed by atoms with Crippen LogP contribution in [0.5, 0.6) is 0 Å². The van der Waals surface area contributed by atoms with E-state index in [-0.39, 0.29) is 10.7 Å². The van der Waals surface area contributed by atoms with Crippen LogP contribution in [0.3, 0.4) is 0 Å². The van der Waals surface area contributed by atoms with Gasteiger partial charge in [-0.05, 0) is 62.6 Å². The fourth-order valence-electron chi connectivity index (χ4n) is 3.14. The average Bonchev–Trinajstić information content (AvgIpc) is 3.23. The van der Waals surface area contributed by atoms with E-state index < -0.39 is 22.6 Å². The summed E-state index contributed by atoms with van der Waals surface area (Å²) in [5.41, 5.74) is 2.44. The summed E-state index contributed by atoms with van der Waals surface area (Å²) in [6.45, 7) is 4.33. The number of aryl methyl sites for hydroxylation is 2. The standard InChI is InChI=1S/C21H23NO5S/c1-15-5-6-16(2)19(13-15)21(24)27-14-20(23)17-7-9-18(10-8-17)28(25,26)22-11-3-4-12-22/h5-10,13H,3-4,11-12,14H2,1-2H3. The van der Waals surface area contributed by atoms with Crippen molar-refractivity contribution in [3.8, 4) is 0 Å². The van der Waals surface area contributed by atoms with Gasteiger partial charge in [0.15, 0.2) is 12.4 Å². The maximum atomic E-state index is 12.5. The van der Waals surface area contributed by atoms with Crippen LogP contribution in [0.15, 0.2) is 47.4 Å². The zero-order valence-corrected chi connectivity index (χ0v) is 16.8. The average molecular weight is 401 g/mol. The maximum absolute atomic E-state index is 12.5. The SMILES string of the molecule is Cc1ccc(C)c(C(=O)OCC(=O)c2ccc(S(=O)(=O)N3CCCC3)cc2)c1. The molecule has 3 rings (SSSR count). The van der Waals surface area contributed by atoms with E-state index in [1.165, 1.54) is 28.6 Å². The fourth-order valence-corrected chi connectivity index (χ4v) is 4.66. The summed E-state index contributed by atoms with van der Waals surface area (Å²) >= 11 is 0. The van der Waals surface area contributed by atoms with Gasteiger partial charge in [-0.3, -0.25) is 4.79 Å². The van der Waals surface area contributed by atoms with Crippen molar-refractivity contribution in [1.82, 2.24) is 4.31 Å². The van der Waals surface area contributed by atoms with Crippen molar-refractivity contribution in [2.75, 3.05) is 19.7 Å². The molecule has 0 aromatic heterocycles. The first-order chi connectivity index (χ1) is 13.3. The normalized spacial score (nSPS) is 14.8. The number of esters is 1. The van der Waals surface area contributed by atoms with Crippen molar-refractivity contribution >= 4 is 21.8 Å². The number of ketones is 1. The van der Waals surface area contributed by atoms with Crippen LogP contribution in [-0.4, -0.2) is 44.2 Å². The first-order valence-corrected chi connectivity index (χ1v) is 10.6. The highest BCUT2D eigenvalue weighted by atomic mass is 32.2. The number of Topliss-reactive ketones (excluding diaryl/α,β-unsaturated/α-hetero) is 1. The first kappa shape index (κ1) is 20.2. The van der Waals surface area contributed by atoms with Crippen molar-refractivity contribution in [2.45, 2.75) is 31.6 Å². The van der Waals surface area contributed by atoms with E-state index in [1.807, 2.05) is 19.1 Å². The van der Waals surface area contributed by atoms with Gasteiger partial charge in [-0.2, -0.15) is 4.31 Å². The molecule has 7 heteroatoms. The van der Waals surface area contributed by atoms with Gasteiger partial charge in [-0.25, -0.2) is 13.2 Å². The number of carbonyl (C=O) groups is 2. The summed E-state index contributed by atoms with van der Waals surface area (Å²) < 4.78 is 31.6. The van der Waals surface area contributed by atoms with Gasteiger partial charge in [0.05, 0.1) is 10.5 Å². The smallest absolute Gasteiger partial charge is 0.338 e. The summed E-state index contributed by atoms with van der Waals surface area (Å²) in [6, 6.07) is 11.2. The molecule has 1 saturated heterocycles. The van der Waals surface area contributed by atoms with E-state index in [2.05, 4.69) is 0 Å². The zero-order valence-electron chi connectivity index (χ0n) is 16.0. The van der Waals surface area contributed by atoms with Gasteiger partial charge in [0.2, 0.25) is 10.0 Å². The monoisotopic (exact) mass is 401 g/mol. The third-order valence-electron chi connectivity index (χ3n) is 4.83. The molecule has 1 heterocycles. The molecule has 2 aromatic rings. The zero-order chi connectivity index (χ0) is 20.3. The number of carbonyl (C=O) groups excluding carboxylic acids is 2. The molecule has 2 aromatic carbocycles. The molecule has 0 saturated carbocycles. The minimum absolute atomic E-state index is 0.165. The molecular weight excluding hydrogens is 378 g/mol. The van der Waals surface area contributed by atoms with Crippen molar-refractivity contribution < 1.29 is 22.7 Å². The van der Waals surface area contributed by atoms with Crippen LogP contribution >= 0.6 is 0 Å². The number of nitrogens with zero attached hydrogens (tertiary/aromatic N) is 1. The number of sulfonamides is 1. The highest BCUT2D eigenvalue weighted by molar-refractivity contribution is 7.89. The molecule has 148 valence electrons. The molecule has 0 radical (unpaired) electrons. The van der Waals surface area contributed by atoms with Crippen LogP contribution in [-0.2, 0) is 14.8 Å². The lowest BCUT2D eigenvalue weighted by Crippen LogP contribution is -2.27. The van der Waals surface area contributed by atoms with Gasteiger partial charge in [0, 0.05) is 18.7 Å². The lowest BCUT2D eigenvalue weighted by atomic mass is 10.1. The number of ether oxygens (including phenoxy) is 1. The van der Waals surface area contributed by atoms with Crippen LogP contribution in [0.4, 0.5) is 0 Å². The van der Waals surface area contributed by atoms with Crippen LogP contribution in [0.1, 0.15) is 44.7 Å². The number of benzene rings is 2. The van der Waals surface area contributed by atoms with Gasteiger partial charge < -0.3 is 4.74 Å². The molecule has 1 aliphatic rings. The topological polar surface area (TPSA) is 80.8 Å². The Balaban J connectivity index is 1.65. The van der Waals surface area contributed by atoms with E-state index in [0.717, 1.165) is 24.0 Å². The quantitative estimate of drug-likeness (QED) is 0.549. The third-order valence-corrected chi connectivity index (χ3v) is 6.74. The summed E-state index contributed by atoms with van der Waals surface area (Å²) in [6.07, 6.45) is 1.73. The van der Waals surface area contributed by atoms with Crippen molar-refractivity contribution in [3.63, 3.8) is 0 Å². The van der Waals surface area contributed by atoms with Gasteiger partial charge in [0.1, 0.15) is 0 Å². The predicted octanol–water partition coefficient (Wildman–Crippen LogP) is 3.13. The Morgan fingerprint density at radius 2 is 1.64 bits per heavy atom. The van der Waals surface area contributed by atoms with Gasteiger partial charge in [-0.15, -0.1) is 0 Å². The van der Waals surface area contributed by atoms with Crippen LogP contribution in [0.2, 0.25) is 0 Å². The summed E-state index contributed by atoms with van der Waals surface area (Å²) in [5, 5.41) is 0. The minimum Gasteiger partial charge on any atom is -0.454 e. The molecule has 1 fully saturated rings. The van der Waals surface area contributed by atoms with Gasteiger partial charge >= 0.3 is 5.97 Å². The lowest BCUT2D eigenvalue weighted by Gasteiger charge is -2.15. The first-order valence-electron chi connectivity index (χ1n) is 9.17. The second-order valence-corrected chi connectivity index (χ2v) is 8.89. The number of rotatable bonds is 6. The van der Waals surface area contributed by atoms with Gasteiger partial charge in [-0.1, -0.05) is 17.7 Å². The van der Waals surface area contributed by atoms with Crippen molar-refractivity contribution in [2.24, 2.45) is 0 Å². The van der Waals surface area contributed by atoms with Gasteiger partial charge in [0.25, 0.3) is 0 Å². The van der Waals surface area contributed by atoms with Crippen LogP contribution in [0, 0.1) is 13.8 Å². The summed E-state index contributed by atoms with van der Waals surface area (Å²) in [4.78, 5) is 24.7. The molecule has 6 nitrogen and oxygen atoms in total. The molecule has 28 heavy (non-hydrogen) atoms. The molecule has 0 aliphatic carbocycles.